The van der Waals surface area contributed by atoms with Crippen molar-refractivity contribution < 1.29 is 8.78 Å². The van der Waals surface area contributed by atoms with Crippen LogP contribution in [0.5, 0.6) is 0 Å². The van der Waals surface area contributed by atoms with Gasteiger partial charge in [0, 0.05) is 25.7 Å². The molecule has 0 atom stereocenters. The second kappa shape index (κ2) is 3.60. The molecule has 72 valence electrons. The minimum Gasteiger partial charge on any atom is -0.397 e. The minimum absolute atomic E-state index is 0.253. The Balaban J connectivity index is 3.15. The molecule has 0 heterocycles. The minimum atomic E-state index is -0.911. The molecular weight excluding hydrogens is 174 g/mol. The van der Waals surface area contributed by atoms with Crippen LogP contribution in [-0.2, 0) is 0 Å². The Bertz CT molecular complexity index is 313. The van der Waals surface area contributed by atoms with Crippen LogP contribution in [0.15, 0.2) is 12.1 Å². The van der Waals surface area contributed by atoms with E-state index in [1.807, 2.05) is 6.92 Å². The second-order valence-corrected chi connectivity index (χ2v) is 2.84. The van der Waals surface area contributed by atoms with Crippen LogP contribution >= 0.6 is 0 Å². The van der Waals surface area contributed by atoms with Crippen molar-refractivity contribution in [3.63, 3.8) is 0 Å². The van der Waals surface area contributed by atoms with E-state index in [0.717, 1.165) is 12.1 Å². The summed E-state index contributed by atoms with van der Waals surface area (Å²) in [6, 6.07) is 2.10. The predicted octanol–water partition coefficient (Wildman–Crippen LogP) is 2.00. The highest BCUT2D eigenvalue weighted by atomic mass is 19.2. The zero-order chi connectivity index (χ0) is 10.0. The Labute approximate surface area is 76.0 Å². The summed E-state index contributed by atoms with van der Waals surface area (Å²) < 4.78 is 25.5. The molecule has 13 heavy (non-hydrogen) atoms. The van der Waals surface area contributed by atoms with Crippen LogP contribution < -0.4 is 10.6 Å². The van der Waals surface area contributed by atoms with Crippen LogP contribution in [0.4, 0.5) is 20.2 Å². The predicted molar refractivity (Wildman–Crippen MR) is 49.7 cm³/mol. The van der Waals surface area contributed by atoms with Gasteiger partial charge in [0.15, 0.2) is 11.6 Å². The van der Waals surface area contributed by atoms with Crippen molar-refractivity contribution >= 4 is 11.4 Å². The van der Waals surface area contributed by atoms with Crippen LogP contribution in [-0.4, -0.2) is 13.6 Å². The lowest BCUT2D eigenvalue weighted by Crippen LogP contribution is -2.17. The van der Waals surface area contributed by atoms with E-state index in [-0.39, 0.29) is 5.69 Å². The summed E-state index contributed by atoms with van der Waals surface area (Å²) >= 11 is 0. The number of nitrogen functional groups attached to an aromatic ring is 1. The van der Waals surface area contributed by atoms with E-state index in [1.54, 1.807) is 11.9 Å². The quantitative estimate of drug-likeness (QED) is 0.716. The molecule has 0 aliphatic carbocycles. The maximum absolute atomic E-state index is 12.8. The summed E-state index contributed by atoms with van der Waals surface area (Å²) in [6.07, 6.45) is 0. The van der Waals surface area contributed by atoms with Crippen LogP contribution in [0.3, 0.4) is 0 Å². The molecule has 1 aromatic rings. The molecule has 0 amide bonds. The van der Waals surface area contributed by atoms with Gasteiger partial charge >= 0.3 is 0 Å². The first kappa shape index (κ1) is 9.77. The molecule has 1 aromatic carbocycles. The lowest BCUT2D eigenvalue weighted by molar-refractivity contribution is 0.509. The monoisotopic (exact) mass is 186 g/mol. The SMILES string of the molecule is CCN(C)c1cc(F)c(F)cc1N. The zero-order valence-corrected chi connectivity index (χ0v) is 7.64. The van der Waals surface area contributed by atoms with Gasteiger partial charge in [-0.2, -0.15) is 0 Å². The highest BCUT2D eigenvalue weighted by Crippen LogP contribution is 2.24. The van der Waals surface area contributed by atoms with Crippen molar-refractivity contribution in [2.24, 2.45) is 0 Å². The summed E-state index contributed by atoms with van der Waals surface area (Å²) in [5, 5.41) is 0. The zero-order valence-electron chi connectivity index (χ0n) is 7.64. The highest BCUT2D eigenvalue weighted by Gasteiger charge is 2.09. The average Bonchev–Trinajstić information content (AvgIpc) is 2.10. The van der Waals surface area contributed by atoms with Crippen molar-refractivity contribution in [1.82, 2.24) is 0 Å². The molecule has 1 rings (SSSR count). The van der Waals surface area contributed by atoms with E-state index in [0.29, 0.717) is 12.2 Å². The number of nitrogens with zero attached hydrogens (tertiary/aromatic N) is 1. The fourth-order valence-electron chi connectivity index (χ4n) is 1.05. The Morgan fingerprint density at radius 2 is 1.85 bits per heavy atom. The van der Waals surface area contributed by atoms with Gasteiger partial charge in [-0.25, -0.2) is 8.78 Å². The molecule has 0 saturated heterocycles. The third-order valence-electron chi connectivity index (χ3n) is 1.96. The van der Waals surface area contributed by atoms with Gasteiger partial charge in [0.2, 0.25) is 0 Å². The number of nitrogens with two attached hydrogens (primary N) is 1. The molecular formula is C9H12F2N2. The lowest BCUT2D eigenvalue weighted by Gasteiger charge is -2.18. The highest BCUT2D eigenvalue weighted by molar-refractivity contribution is 5.67. The standard InChI is InChI=1S/C9H12F2N2/c1-3-13(2)9-5-7(11)6(10)4-8(9)12/h4-5H,3,12H2,1-2H3. The summed E-state index contributed by atoms with van der Waals surface area (Å²) in [5.41, 5.74) is 6.29. The number of hydrogen-bond donors (Lipinski definition) is 1. The fourth-order valence-corrected chi connectivity index (χ4v) is 1.05. The third kappa shape index (κ3) is 1.88. The number of hydrogen-bond acceptors (Lipinski definition) is 2. The maximum Gasteiger partial charge on any atom is 0.161 e. The van der Waals surface area contributed by atoms with Gasteiger partial charge in [-0.05, 0) is 6.92 Å². The van der Waals surface area contributed by atoms with E-state index in [1.165, 1.54) is 0 Å². The Morgan fingerprint density at radius 3 is 2.38 bits per heavy atom. The van der Waals surface area contributed by atoms with Gasteiger partial charge in [0.1, 0.15) is 0 Å². The van der Waals surface area contributed by atoms with Gasteiger partial charge in [0.25, 0.3) is 0 Å². The van der Waals surface area contributed by atoms with Crippen molar-refractivity contribution in [1.29, 1.82) is 0 Å². The maximum atomic E-state index is 12.8. The van der Waals surface area contributed by atoms with E-state index in [4.69, 9.17) is 5.73 Å². The first-order valence-corrected chi connectivity index (χ1v) is 4.02. The smallest absolute Gasteiger partial charge is 0.161 e. The van der Waals surface area contributed by atoms with Crippen molar-refractivity contribution in [3.8, 4) is 0 Å². The van der Waals surface area contributed by atoms with Crippen LogP contribution in [0.1, 0.15) is 6.92 Å². The number of benzene rings is 1. The topological polar surface area (TPSA) is 29.3 Å². The Hall–Kier alpha value is -1.32. The van der Waals surface area contributed by atoms with Gasteiger partial charge in [-0.1, -0.05) is 0 Å². The molecule has 0 aliphatic heterocycles. The van der Waals surface area contributed by atoms with E-state index < -0.39 is 11.6 Å². The molecule has 0 radical (unpaired) electrons. The van der Waals surface area contributed by atoms with E-state index in [2.05, 4.69) is 0 Å². The number of rotatable bonds is 2. The van der Waals surface area contributed by atoms with Gasteiger partial charge in [-0.3, -0.25) is 0 Å². The van der Waals surface area contributed by atoms with E-state index in [9.17, 15) is 8.78 Å². The first-order chi connectivity index (χ1) is 6.06. The van der Waals surface area contributed by atoms with Crippen molar-refractivity contribution in [2.45, 2.75) is 6.92 Å². The molecule has 2 nitrogen and oxygen atoms in total. The molecule has 0 saturated carbocycles. The third-order valence-corrected chi connectivity index (χ3v) is 1.96. The molecule has 0 bridgehead atoms. The van der Waals surface area contributed by atoms with Gasteiger partial charge < -0.3 is 10.6 Å². The summed E-state index contributed by atoms with van der Waals surface area (Å²) in [7, 11) is 1.77. The van der Waals surface area contributed by atoms with Crippen molar-refractivity contribution in [3.05, 3.63) is 23.8 Å². The van der Waals surface area contributed by atoms with E-state index >= 15 is 0 Å². The molecule has 0 aromatic heterocycles. The van der Waals surface area contributed by atoms with Crippen molar-refractivity contribution in [2.75, 3.05) is 24.2 Å². The Kier molecular flexibility index (Phi) is 2.70. The van der Waals surface area contributed by atoms with Crippen LogP contribution in [0.25, 0.3) is 0 Å². The molecule has 0 aliphatic rings. The van der Waals surface area contributed by atoms with Gasteiger partial charge in [-0.15, -0.1) is 0 Å². The fraction of sp³-hybridized carbons (Fsp3) is 0.333. The summed E-state index contributed by atoms with van der Waals surface area (Å²) in [4.78, 5) is 1.75. The first-order valence-electron chi connectivity index (χ1n) is 4.02. The Morgan fingerprint density at radius 1 is 1.31 bits per heavy atom. The van der Waals surface area contributed by atoms with Gasteiger partial charge in [0.05, 0.1) is 11.4 Å². The molecule has 2 N–H and O–H groups in total. The lowest BCUT2D eigenvalue weighted by atomic mass is 10.2. The van der Waals surface area contributed by atoms with Crippen LogP contribution in [0.2, 0.25) is 0 Å². The molecule has 4 heteroatoms. The molecule has 0 fully saturated rings. The number of anilines is 2. The molecule has 0 spiro atoms. The summed E-state index contributed by atoms with van der Waals surface area (Å²) in [6.45, 7) is 2.59. The molecule has 0 unspecified atom stereocenters. The van der Waals surface area contributed by atoms with Crippen LogP contribution in [0, 0.1) is 11.6 Å². The second-order valence-electron chi connectivity index (χ2n) is 2.84. The normalized spacial score (nSPS) is 10.2. The average molecular weight is 186 g/mol. The number of halogens is 2. The largest absolute Gasteiger partial charge is 0.397 e. The summed E-state index contributed by atoms with van der Waals surface area (Å²) in [5.74, 6) is -1.78.